The standard InChI is InChI=1S/C17H26N4O/c1-13(2)9-16(15-7-5-6-8-18-15)19-12-17(3,22)14-10-20-21(4)11-14/h5-8,10-11,13,16,19,22H,9,12H2,1-4H3. The Hall–Kier alpha value is -1.72. The third kappa shape index (κ3) is 4.39. The van der Waals surface area contributed by atoms with Gasteiger partial charge in [-0.25, -0.2) is 0 Å². The molecule has 0 spiro atoms. The highest BCUT2D eigenvalue weighted by atomic mass is 16.3. The van der Waals surface area contributed by atoms with Crippen molar-refractivity contribution in [2.24, 2.45) is 13.0 Å². The maximum Gasteiger partial charge on any atom is 0.102 e. The number of nitrogens with one attached hydrogen (secondary N) is 1. The summed E-state index contributed by atoms with van der Waals surface area (Å²) in [7, 11) is 1.85. The average Bonchev–Trinajstić information content (AvgIpc) is 2.91. The Bertz CT molecular complexity index is 577. The first-order valence-electron chi connectivity index (χ1n) is 7.74. The normalized spacial score (nSPS) is 15.7. The number of hydrogen-bond donors (Lipinski definition) is 2. The van der Waals surface area contributed by atoms with Crippen LogP contribution in [0.5, 0.6) is 0 Å². The number of rotatable bonds is 7. The number of aliphatic hydroxyl groups is 1. The Morgan fingerprint density at radius 3 is 2.68 bits per heavy atom. The molecule has 2 rings (SSSR count). The molecule has 2 atom stereocenters. The first kappa shape index (κ1) is 16.6. The smallest absolute Gasteiger partial charge is 0.102 e. The van der Waals surface area contributed by atoms with Crippen LogP contribution in [0.25, 0.3) is 0 Å². The van der Waals surface area contributed by atoms with Crippen LogP contribution in [0, 0.1) is 5.92 Å². The van der Waals surface area contributed by atoms with E-state index in [2.05, 4.69) is 29.2 Å². The van der Waals surface area contributed by atoms with Gasteiger partial charge in [0, 0.05) is 37.6 Å². The molecule has 2 aromatic rings. The van der Waals surface area contributed by atoms with Crippen molar-refractivity contribution in [3.05, 3.63) is 48.0 Å². The van der Waals surface area contributed by atoms with E-state index in [0.29, 0.717) is 12.5 Å². The van der Waals surface area contributed by atoms with Gasteiger partial charge in [-0.3, -0.25) is 9.67 Å². The van der Waals surface area contributed by atoms with Crippen LogP contribution in [0.1, 0.15) is 44.5 Å². The molecule has 0 saturated heterocycles. The zero-order chi connectivity index (χ0) is 16.2. The summed E-state index contributed by atoms with van der Waals surface area (Å²) < 4.78 is 1.70. The van der Waals surface area contributed by atoms with Crippen LogP contribution in [0.4, 0.5) is 0 Å². The lowest BCUT2D eigenvalue weighted by molar-refractivity contribution is 0.0526. The van der Waals surface area contributed by atoms with Crippen molar-refractivity contribution in [3.8, 4) is 0 Å². The van der Waals surface area contributed by atoms with E-state index < -0.39 is 5.60 Å². The molecule has 0 aromatic carbocycles. The van der Waals surface area contributed by atoms with Crippen LogP contribution < -0.4 is 5.32 Å². The van der Waals surface area contributed by atoms with E-state index >= 15 is 0 Å². The zero-order valence-corrected chi connectivity index (χ0v) is 13.8. The van der Waals surface area contributed by atoms with Crippen LogP contribution in [-0.4, -0.2) is 26.4 Å². The Kier molecular flexibility index (Phi) is 5.32. The molecule has 0 aliphatic heterocycles. The van der Waals surface area contributed by atoms with Crippen LogP contribution in [0.3, 0.4) is 0 Å². The molecule has 0 bridgehead atoms. The molecule has 120 valence electrons. The van der Waals surface area contributed by atoms with Gasteiger partial charge in [-0.15, -0.1) is 0 Å². The predicted molar refractivity (Wildman–Crippen MR) is 87.2 cm³/mol. The minimum absolute atomic E-state index is 0.129. The second-order valence-corrected chi connectivity index (χ2v) is 6.49. The van der Waals surface area contributed by atoms with Crippen molar-refractivity contribution >= 4 is 0 Å². The van der Waals surface area contributed by atoms with Crippen molar-refractivity contribution < 1.29 is 5.11 Å². The van der Waals surface area contributed by atoms with E-state index in [1.54, 1.807) is 10.9 Å². The molecule has 2 heterocycles. The fourth-order valence-corrected chi connectivity index (χ4v) is 2.49. The highest BCUT2D eigenvalue weighted by molar-refractivity contribution is 5.15. The summed E-state index contributed by atoms with van der Waals surface area (Å²) in [6, 6.07) is 6.07. The van der Waals surface area contributed by atoms with E-state index in [1.165, 1.54) is 0 Å². The van der Waals surface area contributed by atoms with Crippen LogP contribution in [-0.2, 0) is 12.6 Å². The molecule has 5 heteroatoms. The lowest BCUT2D eigenvalue weighted by Crippen LogP contribution is -2.37. The van der Waals surface area contributed by atoms with Gasteiger partial charge in [0.15, 0.2) is 0 Å². The zero-order valence-electron chi connectivity index (χ0n) is 13.8. The fraction of sp³-hybridized carbons (Fsp3) is 0.529. The number of aromatic nitrogens is 3. The third-order valence-corrected chi connectivity index (χ3v) is 3.77. The third-order valence-electron chi connectivity index (χ3n) is 3.77. The molecule has 2 aromatic heterocycles. The van der Waals surface area contributed by atoms with Gasteiger partial charge in [0.2, 0.25) is 0 Å². The summed E-state index contributed by atoms with van der Waals surface area (Å²) in [4.78, 5) is 4.45. The molecule has 22 heavy (non-hydrogen) atoms. The summed E-state index contributed by atoms with van der Waals surface area (Å²) in [5, 5.41) is 18.3. The summed E-state index contributed by atoms with van der Waals surface area (Å²) in [5.74, 6) is 0.544. The Morgan fingerprint density at radius 2 is 2.14 bits per heavy atom. The molecule has 0 amide bonds. The molecular formula is C17H26N4O. The van der Waals surface area contributed by atoms with Crippen molar-refractivity contribution in [2.75, 3.05) is 6.54 Å². The lowest BCUT2D eigenvalue weighted by atomic mass is 9.96. The molecule has 2 N–H and O–H groups in total. The monoisotopic (exact) mass is 302 g/mol. The highest BCUT2D eigenvalue weighted by Crippen LogP contribution is 2.23. The van der Waals surface area contributed by atoms with E-state index in [1.807, 2.05) is 44.6 Å². The first-order valence-corrected chi connectivity index (χ1v) is 7.74. The van der Waals surface area contributed by atoms with Crippen molar-refractivity contribution in [3.63, 3.8) is 0 Å². The minimum atomic E-state index is -0.960. The van der Waals surface area contributed by atoms with Crippen LogP contribution >= 0.6 is 0 Å². The number of pyridine rings is 1. The second kappa shape index (κ2) is 7.03. The number of aryl methyl sites for hydroxylation is 1. The summed E-state index contributed by atoms with van der Waals surface area (Å²) in [6.07, 6.45) is 6.34. The summed E-state index contributed by atoms with van der Waals surface area (Å²) >= 11 is 0. The van der Waals surface area contributed by atoms with E-state index in [4.69, 9.17) is 0 Å². The van der Waals surface area contributed by atoms with Gasteiger partial charge in [-0.05, 0) is 31.4 Å². The topological polar surface area (TPSA) is 63.0 Å². The number of hydrogen-bond acceptors (Lipinski definition) is 4. The van der Waals surface area contributed by atoms with Crippen LogP contribution in [0.2, 0.25) is 0 Å². The van der Waals surface area contributed by atoms with Crippen LogP contribution in [0.15, 0.2) is 36.8 Å². The van der Waals surface area contributed by atoms with Gasteiger partial charge in [-0.2, -0.15) is 5.10 Å². The van der Waals surface area contributed by atoms with Gasteiger partial charge >= 0.3 is 0 Å². The van der Waals surface area contributed by atoms with E-state index in [0.717, 1.165) is 17.7 Å². The molecule has 0 radical (unpaired) electrons. The van der Waals surface area contributed by atoms with Gasteiger partial charge in [0.05, 0.1) is 11.9 Å². The predicted octanol–water partition coefficient (Wildman–Crippen LogP) is 2.40. The molecule has 0 aliphatic rings. The summed E-state index contributed by atoms with van der Waals surface area (Å²) in [5.41, 5.74) is 0.864. The Morgan fingerprint density at radius 1 is 1.36 bits per heavy atom. The largest absolute Gasteiger partial charge is 0.384 e. The highest BCUT2D eigenvalue weighted by Gasteiger charge is 2.26. The van der Waals surface area contributed by atoms with Gasteiger partial charge in [0.25, 0.3) is 0 Å². The van der Waals surface area contributed by atoms with Gasteiger partial charge < -0.3 is 10.4 Å². The molecule has 5 nitrogen and oxygen atoms in total. The molecule has 0 aliphatic carbocycles. The Balaban J connectivity index is 2.07. The number of nitrogens with zero attached hydrogens (tertiary/aromatic N) is 3. The van der Waals surface area contributed by atoms with Gasteiger partial charge in [-0.1, -0.05) is 19.9 Å². The maximum atomic E-state index is 10.7. The fourth-order valence-electron chi connectivity index (χ4n) is 2.49. The minimum Gasteiger partial charge on any atom is -0.384 e. The SMILES string of the molecule is CC(C)CC(NCC(C)(O)c1cnn(C)c1)c1ccccn1. The molecule has 0 saturated carbocycles. The second-order valence-electron chi connectivity index (χ2n) is 6.49. The maximum absolute atomic E-state index is 10.7. The van der Waals surface area contributed by atoms with Crippen molar-refractivity contribution in [1.29, 1.82) is 0 Å². The van der Waals surface area contributed by atoms with Crippen molar-refractivity contribution in [2.45, 2.75) is 38.8 Å². The van der Waals surface area contributed by atoms with E-state index in [-0.39, 0.29) is 6.04 Å². The average molecular weight is 302 g/mol. The summed E-state index contributed by atoms with van der Waals surface area (Å²) in [6.45, 7) is 6.64. The molecular weight excluding hydrogens is 276 g/mol. The quantitative estimate of drug-likeness (QED) is 0.824. The van der Waals surface area contributed by atoms with Crippen molar-refractivity contribution in [1.82, 2.24) is 20.1 Å². The lowest BCUT2D eigenvalue weighted by Gasteiger charge is -2.27. The van der Waals surface area contributed by atoms with E-state index in [9.17, 15) is 5.11 Å². The molecule has 0 fully saturated rings. The van der Waals surface area contributed by atoms with Gasteiger partial charge in [0.1, 0.15) is 5.60 Å². The first-order chi connectivity index (χ1) is 10.4. The Labute approximate surface area is 132 Å². The molecule has 2 unspecified atom stereocenters.